The van der Waals surface area contributed by atoms with Gasteiger partial charge in [0, 0.05) is 12.2 Å². The molecule has 1 aromatic rings. The molecule has 1 unspecified atom stereocenters. The first kappa shape index (κ1) is 29.6. The maximum atomic E-state index is 11.9. The molecule has 3 N–H and O–H groups in total. The second-order valence-electron chi connectivity index (χ2n) is 8.92. The third-order valence-electron chi connectivity index (χ3n) is 5.81. The fraction of sp³-hybridized carbons (Fsp3) is 0.667. The average molecular weight is 478 g/mol. The Morgan fingerprint density at radius 3 is 1.74 bits per heavy atom. The highest BCUT2D eigenvalue weighted by atomic mass is 16.6. The third-order valence-corrected chi connectivity index (χ3v) is 5.81. The van der Waals surface area contributed by atoms with E-state index in [9.17, 15) is 19.5 Å². The summed E-state index contributed by atoms with van der Waals surface area (Å²) in [5.74, 6) is -3.55. The predicted molar refractivity (Wildman–Crippen MR) is 134 cm³/mol. The average Bonchev–Trinajstić information content (AvgIpc) is 2.81. The Bertz CT molecular complexity index is 704. The van der Waals surface area contributed by atoms with Crippen LogP contribution in [0.25, 0.3) is 0 Å². The fourth-order valence-electron chi connectivity index (χ4n) is 3.74. The van der Waals surface area contributed by atoms with Gasteiger partial charge in [0.05, 0.1) is 12.0 Å². The standard InChI is InChI=1S/C27H43NO6/c1-2-3-4-5-6-7-8-9-10-11-12-13-14-15-20-28-23-18-16-22(17-19-23)26(32)34-27(33)24(29)21-25(30)31/h16-19,24,28-29H,2-15,20-21H2,1H3,(H,30,31). The summed E-state index contributed by atoms with van der Waals surface area (Å²) in [6.07, 6.45) is 15.9. The number of ether oxygens (including phenoxy) is 1. The maximum absolute atomic E-state index is 11.9. The molecule has 0 spiro atoms. The largest absolute Gasteiger partial charge is 0.481 e. The van der Waals surface area contributed by atoms with Crippen molar-refractivity contribution in [3.63, 3.8) is 0 Å². The van der Waals surface area contributed by atoms with Gasteiger partial charge in [-0.3, -0.25) is 4.79 Å². The number of nitrogens with one attached hydrogen (secondary N) is 1. The van der Waals surface area contributed by atoms with Crippen LogP contribution < -0.4 is 5.32 Å². The van der Waals surface area contributed by atoms with Crippen LogP contribution in [0.3, 0.4) is 0 Å². The van der Waals surface area contributed by atoms with Gasteiger partial charge < -0.3 is 20.3 Å². The number of aliphatic hydroxyl groups is 1. The minimum atomic E-state index is -1.87. The van der Waals surface area contributed by atoms with Gasteiger partial charge >= 0.3 is 17.9 Å². The summed E-state index contributed by atoms with van der Waals surface area (Å²) in [7, 11) is 0. The van der Waals surface area contributed by atoms with Crippen molar-refractivity contribution in [1.29, 1.82) is 0 Å². The number of carboxylic acids is 1. The van der Waals surface area contributed by atoms with Crippen LogP contribution in [0.15, 0.2) is 24.3 Å². The number of carbonyl (C=O) groups excluding carboxylic acids is 2. The van der Waals surface area contributed by atoms with Gasteiger partial charge in [0.2, 0.25) is 0 Å². The predicted octanol–water partition coefficient (Wildman–Crippen LogP) is 6.10. The van der Waals surface area contributed by atoms with Crippen molar-refractivity contribution in [2.75, 3.05) is 11.9 Å². The number of hydrogen-bond donors (Lipinski definition) is 3. The number of aliphatic carboxylic acids is 1. The van der Waals surface area contributed by atoms with Gasteiger partial charge in [0.25, 0.3) is 0 Å². The number of unbranched alkanes of at least 4 members (excludes halogenated alkanes) is 13. The SMILES string of the molecule is CCCCCCCCCCCCCCCCNc1ccc(C(=O)OC(=O)C(O)CC(=O)O)cc1. The zero-order valence-electron chi connectivity index (χ0n) is 20.7. The summed E-state index contributed by atoms with van der Waals surface area (Å²) in [6, 6.07) is 6.48. The Kier molecular flexibility index (Phi) is 16.5. The van der Waals surface area contributed by atoms with Gasteiger partial charge in [-0.15, -0.1) is 0 Å². The summed E-state index contributed by atoms with van der Waals surface area (Å²) < 4.78 is 4.52. The maximum Gasteiger partial charge on any atom is 0.345 e. The van der Waals surface area contributed by atoms with Crippen LogP contribution >= 0.6 is 0 Å². The summed E-state index contributed by atoms with van der Waals surface area (Å²) in [5.41, 5.74) is 1.02. The molecule has 0 fully saturated rings. The summed E-state index contributed by atoms with van der Waals surface area (Å²) in [5, 5.41) is 21.2. The molecule has 0 aliphatic heterocycles. The van der Waals surface area contributed by atoms with E-state index in [1.807, 2.05) is 0 Å². The van der Waals surface area contributed by atoms with E-state index in [1.54, 1.807) is 12.1 Å². The smallest absolute Gasteiger partial charge is 0.345 e. The molecule has 7 nitrogen and oxygen atoms in total. The third kappa shape index (κ3) is 14.7. The van der Waals surface area contributed by atoms with E-state index in [2.05, 4.69) is 17.0 Å². The molecule has 0 saturated heterocycles. The van der Waals surface area contributed by atoms with Gasteiger partial charge in [-0.05, 0) is 30.7 Å². The van der Waals surface area contributed by atoms with Gasteiger partial charge in [-0.25, -0.2) is 9.59 Å². The van der Waals surface area contributed by atoms with Gasteiger partial charge in [-0.1, -0.05) is 90.4 Å². The van der Waals surface area contributed by atoms with Crippen LogP contribution in [0.1, 0.15) is 114 Å². The van der Waals surface area contributed by atoms with E-state index < -0.39 is 30.4 Å². The quantitative estimate of drug-likeness (QED) is 0.118. The molecule has 0 bridgehead atoms. The van der Waals surface area contributed by atoms with Crippen LogP contribution in [-0.2, 0) is 14.3 Å². The zero-order valence-corrected chi connectivity index (χ0v) is 20.7. The molecule has 0 aliphatic rings. The lowest BCUT2D eigenvalue weighted by Crippen LogP contribution is -2.28. The van der Waals surface area contributed by atoms with Crippen molar-refractivity contribution in [3.05, 3.63) is 29.8 Å². The first-order valence-electron chi connectivity index (χ1n) is 12.9. The normalized spacial score (nSPS) is 11.7. The fourth-order valence-corrected chi connectivity index (χ4v) is 3.74. The Balaban J connectivity index is 2.05. The molecule has 7 heteroatoms. The number of rotatable bonds is 20. The van der Waals surface area contributed by atoms with Crippen LogP contribution in [0.4, 0.5) is 5.69 Å². The molecule has 34 heavy (non-hydrogen) atoms. The van der Waals surface area contributed by atoms with E-state index in [-0.39, 0.29) is 5.56 Å². The number of benzene rings is 1. The Morgan fingerprint density at radius 2 is 1.26 bits per heavy atom. The van der Waals surface area contributed by atoms with Crippen molar-refractivity contribution in [2.24, 2.45) is 0 Å². The second kappa shape index (κ2) is 19.0. The highest BCUT2D eigenvalue weighted by Gasteiger charge is 2.23. The minimum absolute atomic E-state index is 0.151. The summed E-state index contributed by atoms with van der Waals surface area (Å²) in [4.78, 5) is 34.0. The Morgan fingerprint density at radius 1 is 0.794 bits per heavy atom. The topological polar surface area (TPSA) is 113 Å². The van der Waals surface area contributed by atoms with E-state index >= 15 is 0 Å². The molecular weight excluding hydrogens is 434 g/mol. The van der Waals surface area contributed by atoms with E-state index in [0.717, 1.165) is 18.7 Å². The molecule has 192 valence electrons. The molecule has 0 saturated carbocycles. The monoisotopic (exact) mass is 477 g/mol. The van der Waals surface area contributed by atoms with Gasteiger partial charge in [-0.2, -0.15) is 0 Å². The lowest BCUT2D eigenvalue weighted by atomic mass is 10.0. The number of carboxylic acid groups (broad SMARTS) is 1. The van der Waals surface area contributed by atoms with Crippen molar-refractivity contribution < 1.29 is 29.3 Å². The molecule has 1 aromatic carbocycles. The molecular formula is C27H43NO6. The van der Waals surface area contributed by atoms with Crippen LogP contribution in [0.5, 0.6) is 0 Å². The molecule has 0 aliphatic carbocycles. The number of hydrogen-bond acceptors (Lipinski definition) is 6. The highest BCUT2D eigenvalue weighted by molar-refractivity contribution is 5.98. The van der Waals surface area contributed by atoms with E-state index in [0.29, 0.717) is 0 Å². The van der Waals surface area contributed by atoms with Crippen LogP contribution in [-0.4, -0.2) is 40.8 Å². The lowest BCUT2D eigenvalue weighted by molar-refractivity contribution is -0.153. The van der Waals surface area contributed by atoms with Crippen LogP contribution in [0.2, 0.25) is 0 Å². The number of anilines is 1. The molecule has 0 radical (unpaired) electrons. The number of aliphatic hydroxyl groups excluding tert-OH is 1. The zero-order chi connectivity index (χ0) is 25.0. The Hall–Kier alpha value is -2.41. The molecule has 1 atom stereocenters. The van der Waals surface area contributed by atoms with Crippen molar-refractivity contribution >= 4 is 23.6 Å². The molecule has 0 heterocycles. The van der Waals surface area contributed by atoms with Crippen molar-refractivity contribution in [1.82, 2.24) is 0 Å². The van der Waals surface area contributed by atoms with Crippen molar-refractivity contribution in [2.45, 2.75) is 109 Å². The molecule has 1 rings (SSSR count). The van der Waals surface area contributed by atoms with Crippen molar-refractivity contribution in [3.8, 4) is 0 Å². The lowest BCUT2D eigenvalue weighted by Gasteiger charge is -2.09. The minimum Gasteiger partial charge on any atom is -0.481 e. The Labute approximate surface area is 204 Å². The first-order chi connectivity index (χ1) is 16.4. The number of esters is 2. The summed E-state index contributed by atoms with van der Waals surface area (Å²) >= 11 is 0. The molecule has 0 aromatic heterocycles. The second-order valence-corrected chi connectivity index (χ2v) is 8.92. The van der Waals surface area contributed by atoms with E-state index in [1.165, 1.54) is 95.6 Å². The highest BCUT2D eigenvalue weighted by Crippen LogP contribution is 2.14. The van der Waals surface area contributed by atoms with Gasteiger partial charge in [0.1, 0.15) is 0 Å². The van der Waals surface area contributed by atoms with Gasteiger partial charge in [0.15, 0.2) is 6.10 Å². The first-order valence-corrected chi connectivity index (χ1v) is 12.9. The number of carbonyl (C=O) groups is 3. The van der Waals surface area contributed by atoms with Crippen LogP contribution in [0, 0.1) is 0 Å². The summed E-state index contributed by atoms with van der Waals surface area (Å²) in [6.45, 7) is 3.11. The van der Waals surface area contributed by atoms with E-state index in [4.69, 9.17) is 5.11 Å². The molecule has 0 amide bonds.